The molecule has 0 saturated carbocycles. The van der Waals surface area contributed by atoms with Crippen LogP contribution in [0.25, 0.3) is 0 Å². The fraction of sp³-hybridized carbons (Fsp3) is 0.200. The van der Waals surface area contributed by atoms with E-state index in [1.54, 1.807) is 17.8 Å². The summed E-state index contributed by atoms with van der Waals surface area (Å²) in [6.45, 7) is 0. The van der Waals surface area contributed by atoms with Crippen LogP contribution in [0.3, 0.4) is 0 Å². The summed E-state index contributed by atoms with van der Waals surface area (Å²) in [5.41, 5.74) is 0.991. The van der Waals surface area contributed by atoms with Gasteiger partial charge in [0.15, 0.2) is 0 Å². The van der Waals surface area contributed by atoms with Gasteiger partial charge in [-0.15, -0.1) is 11.8 Å². The molecule has 1 aliphatic heterocycles. The smallest absolute Gasteiger partial charge is 0.207 e. The van der Waals surface area contributed by atoms with Gasteiger partial charge in [0.2, 0.25) is 10.0 Å². The van der Waals surface area contributed by atoms with Crippen molar-refractivity contribution >= 4 is 45.0 Å². The average molecular weight is 374 g/mol. The summed E-state index contributed by atoms with van der Waals surface area (Å²) >= 11 is 13.8. The maximum absolute atomic E-state index is 12.7. The van der Waals surface area contributed by atoms with Gasteiger partial charge in [-0.3, -0.25) is 0 Å². The molecular weight excluding hydrogens is 361 g/mol. The molecule has 2 aromatic carbocycles. The van der Waals surface area contributed by atoms with Gasteiger partial charge < -0.3 is 0 Å². The van der Waals surface area contributed by atoms with E-state index in [0.717, 1.165) is 22.6 Å². The Labute approximate surface area is 144 Å². The SMILES string of the molecule is O=S(=O)(N[C@H]1CCSc2ccccc21)c1c(Cl)cccc1Cl. The summed E-state index contributed by atoms with van der Waals surface area (Å²) in [7, 11) is -3.79. The molecule has 0 spiro atoms. The molecule has 0 fully saturated rings. The van der Waals surface area contributed by atoms with Crippen LogP contribution in [0, 0.1) is 0 Å². The highest BCUT2D eigenvalue weighted by atomic mass is 35.5. The Balaban J connectivity index is 1.97. The zero-order valence-corrected chi connectivity index (χ0v) is 14.6. The molecule has 1 atom stereocenters. The third-order valence-electron chi connectivity index (χ3n) is 3.44. The first-order valence-electron chi connectivity index (χ1n) is 6.67. The first-order valence-corrected chi connectivity index (χ1v) is 9.89. The molecule has 116 valence electrons. The van der Waals surface area contributed by atoms with Crippen molar-refractivity contribution in [1.29, 1.82) is 0 Å². The van der Waals surface area contributed by atoms with E-state index < -0.39 is 10.0 Å². The molecule has 7 heteroatoms. The van der Waals surface area contributed by atoms with Crippen molar-refractivity contribution in [1.82, 2.24) is 4.72 Å². The molecule has 0 saturated heterocycles. The van der Waals surface area contributed by atoms with Crippen LogP contribution in [0.2, 0.25) is 10.0 Å². The Morgan fingerprint density at radius 1 is 1.05 bits per heavy atom. The Hall–Kier alpha value is -0.720. The lowest BCUT2D eigenvalue weighted by Crippen LogP contribution is -2.31. The molecule has 22 heavy (non-hydrogen) atoms. The molecule has 0 unspecified atom stereocenters. The highest BCUT2D eigenvalue weighted by Gasteiger charge is 2.28. The number of benzene rings is 2. The predicted molar refractivity (Wildman–Crippen MR) is 91.3 cm³/mol. The van der Waals surface area contributed by atoms with Crippen LogP contribution in [0.4, 0.5) is 0 Å². The number of rotatable bonds is 3. The monoisotopic (exact) mass is 373 g/mol. The van der Waals surface area contributed by atoms with E-state index >= 15 is 0 Å². The third-order valence-corrected chi connectivity index (χ3v) is 6.99. The van der Waals surface area contributed by atoms with Crippen LogP contribution >= 0.6 is 35.0 Å². The molecule has 1 heterocycles. The largest absolute Gasteiger partial charge is 0.244 e. The van der Waals surface area contributed by atoms with Crippen molar-refractivity contribution in [3.05, 3.63) is 58.1 Å². The van der Waals surface area contributed by atoms with E-state index in [0.29, 0.717) is 0 Å². The van der Waals surface area contributed by atoms with Crippen LogP contribution in [0.1, 0.15) is 18.0 Å². The van der Waals surface area contributed by atoms with Crippen molar-refractivity contribution in [3.8, 4) is 0 Å². The quantitative estimate of drug-likeness (QED) is 0.860. The molecule has 0 aromatic heterocycles. The molecule has 2 aromatic rings. The zero-order chi connectivity index (χ0) is 15.7. The second-order valence-corrected chi connectivity index (χ2v) is 8.50. The van der Waals surface area contributed by atoms with E-state index in [4.69, 9.17) is 23.2 Å². The molecule has 0 bridgehead atoms. The van der Waals surface area contributed by atoms with Crippen molar-refractivity contribution in [2.45, 2.75) is 22.3 Å². The van der Waals surface area contributed by atoms with Crippen molar-refractivity contribution in [2.24, 2.45) is 0 Å². The van der Waals surface area contributed by atoms with Gasteiger partial charge in [0.1, 0.15) is 4.90 Å². The summed E-state index contributed by atoms with van der Waals surface area (Å²) in [4.78, 5) is 1.04. The summed E-state index contributed by atoms with van der Waals surface area (Å²) in [6, 6.07) is 12.2. The lowest BCUT2D eigenvalue weighted by atomic mass is 10.1. The zero-order valence-electron chi connectivity index (χ0n) is 11.4. The van der Waals surface area contributed by atoms with Crippen LogP contribution in [-0.2, 0) is 10.0 Å². The fourth-order valence-electron chi connectivity index (χ4n) is 2.45. The van der Waals surface area contributed by atoms with Gasteiger partial charge in [-0.1, -0.05) is 47.5 Å². The van der Waals surface area contributed by atoms with Crippen LogP contribution in [0.15, 0.2) is 52.3 Å². The molecule has 3 rings (SSSR count). The highest BCUT2D eigenvalue weighted by molar-refractivity contribution is 7.99. The molecular formula is C15H13Cl2NO2S2. The topological polar surface area (TPSA) is 46.2 Å². The highest BCUT2D eigenvalue weighted by Crippen LogP contribution is 2.37. The Bertz CT molecular complexity index is 789. The maximum Gasteiger partial charge on any atom is 0.244 e. The number of hydrogen-bond donors (Lipinski definition) is 1. The van der Waals surface area contributed by atoms with Gasteiger partial charge in [0, 0.05) is 10.9 Å². The minimum atomic E-state index is -3.79. The standard InChI is InChI=1S/C15H13Cl2NO2S2/c16-11-5-3-6-12(17)15(11)22(19,20)18-13-8-9-21-14-7-2-1-4-10(13)14/h1-7,13,18H,8-9H2/t13-/m0/s1. The van der Waals surface area contributed by atoms with Gasteiger partial charge in [0.25, 0.3) is 0 Å². The van der Waals surface area contributed by atoms with Gasteiger partial charge in [0.05, 0.1) is 10.0 Å². The molecule has 0 amide bonds. The second-order valence-electron chi connectivity index (χ2n) is 4.90. The van der Waals surface area contributed by atoms with Gasteiger partial charge in [-0.05, 0) is 35.9 Å². The van der Waals surface area contributed by atoms with Crippen molar-refractivity contribution in [2.75, 3.05) is 5.75 Å². The average Bonchev–Trinajstić information content (AvgIpc) is 2.47. The van der Waals surface area contributed by atoms with Crippen LogP contribution in [0.5, 0.6) is 0 Å². The minimum Gasteiger partial charge on any atom is -0.207 e. The number of fused-ring (bicyclic) bond motifs is 1. The van der Waals surface area contributed by atoms with E-state index in [-0.39, 0.29) is 21.0 Å². The predicted octanol–water partition coefficient (Wildman–Crippen LogP) is 4.51. The molecule has 1 N–H and O–H groups in total. The Morgan fingerprint density at radius 2 is 1.73 bits per heavy atom. The van der Waals surface area contributed by atoms with Crippen LogP contribution in [-0.4, -0.2) is 14.2 Å². The molecule has 0 aliphatic carbocycles. The summed E-state index contributed by atoms with van der Waals surface area (Å²) in [6.07, 6.45) is 0.725. The lowest BCUT2D eigenvalue weighted by molar-refractivity contribution is 0.546. The summed E-state index contributed by atoms with van der Waals surface area (Å²) < 4.78 is 28.1. The number of thioether (sulfide) groups is 1. The van der Waals surface area contributed by atoms with Gasteiger partial charge in [-0.25, -0.2) is 13.1 Å². The van der Waals surface area contributed by atoms with Crippen molar-refractivity contribution < 1.29 is 8.42 Å². The molecule has 1 aliphatic rings. The number of nitrogens with one attached hydrogen (secondary N) is 1. The number of hydrogen-bond acceptors (Lipinski definition) is 3. The normalized spacial score (nSPS) is 18.0. The molecule has 0 radical (unpaired) electrons. The fourth-order valence-corrected chi connectivity index (χ4v) is 5.97. The van der Waals surface area contributed by atoms with E-state index in [1.165, 1.54) is 12.1 Å². The summed E-state index contributed by atoms with van der Waals surface area (Å²) in [5, 5.41) is 0.247. The van der Waals surface area contributed by atoms with E-state index in [9.17, 15) is 8.42 Å². The summed E-state index contributed by atoms with van der Waals surface area (Å²) in [5.74, 6) is 0.862. The lowest BCUT2D eigenvalue weighted by Gasteiger charge is -2.26. The molecule has 3 nitrogen and oxygen atoms in total. The minimum absolute atomic E-state index is 0.0611. The van der Waals surface area contributed by atoms with E-state index in [1.807, 2.05) is 24.3 Å². The first-order chi connectivity index (χ1) is 10.5. The third kappa shape index (κ3) is 3.14. The van der Waals surface area contributed by atoms with Crippen LogP contribution < -0.4 is 4.72 Å². The number of sulfonamides is 1. The van der Waals surface area contributed by atoms with E-state index in [2.05, 4.69) is 4.72 Å². The van der Waals surface area contributed by atoms with Gasteiger partial charge in [-0.2, -0.15) is 0 Å². The van der Waals surface area contributed by atoms with Crippen molar-refractivity contribution in [3.63, 3.8) is 0 Å². The number of halogens is 2. The maximum atomic E-state index is 12.7. The first kappa shape index (κ1) is 16.1. The Kier molecular flexibility index (Phi) is 4.71. The second kappa shape index (κ2) is 6.42. The Morgan fingerprint density at radius 3 is 2.45 bits per heavy atom. The van der Waals surface area contributed by atoms with Gasteiger partial charge >= 0.3 is 0 Å².